The third kappa shape index (κ3) is 31.6. The van der Waals surface area contributed by atoms with Crippen molar-refractivity contribution in [1.29, 1.82) is 0 Å². The fourth-order valence-corrected chi connectivity index (χ4v) is 5.21. The summed E-state index contributed by atoms with van der Waals surface area (Å²) in [5.41, 5.74) is 0. The second-order valence-electron chi connectivity index (χ2n) is 13.0. The lowest BCUT2D eigenvalue weighted by Gasteiger charge is -2.18. The predicted molar refractivity (Wildman–Crippen MR) is 178 cm³/mol. The molecule has 43 heavy (non-hydrogen) atoms. The van der Waals surface area contributed by atoms with Crippen LogP contribution in [0.3, 0.4) is 0 Å². The van der Waals surface area contributed by atoms with Crippen molar-refractivity contribution in [3.05, 3.63) is 0 Å². The summed E-state index contributed by atoms with van der Waals surface area (Å²) in [6, 6.07) is 0. The van der Waals surface area contributed by atoms with Crippen molar-refractivity contribution in [2.75, 3.05) is 13.2 Å². The fourth-order valence-electron chi connectivity index (χ4n) is 5.21. The van der Waals surface area contributed by atoms with Gasteiger partial charge in [0.15, 0.2) is 6.10 Å². The lowest BCUT2D eigenvalue weighted by atomic mass is 10.0. The van der Waals surface area contributed by atoms with Gasteiger partial charge < -0.3 is 14.2 Å². The average Bonchev–Trinajstić information content (AvgIpc) is 2.98. The molecule has 0 fully saturated rings. The van der Waals surface area contributed by atoms with Gasteiger partial charge in [0.05, 0.1) is 0 Å². The maximum absolute atomic E-state index is 12.5. The Labute approximate surface area is 266 Å². The highest BCUT2D eigenvalue weighted by molar-refractivity contribution is 5.71. The first-order valence-electron chi connectivity index (χ1n) is 18.4. The van der Waals surface area contributed by atoms with Crippen molar-refractivity contribution in [3.8, 4) is 0 Å². The van der Waals surface area contributed by atoms with E-state index in [2.05, 4.69) is 27.7 Å². The first-order valence-corrected chi connectivity index (χ1v) is 18.4. The minimum Gasteiger partial charge on any atom is -0.462 e. The molecule has 0 aromatic heterocycles. The van der Waals surface area contributed by atoms with E-state index in [1.165, 1.54) is 89.9 Å². The Morgan fingerprint density at radius 3 is 1.14 bits per heavy atom. The zero-order valence-corrected chi connectivity index (χ0v) is 28.9. The van der Waals surface area contributed by atoms with Crippen LogP contribution in [-0.4, -0.2) is 37.2 Å². The van der Waals surface area contributed by atoms with E-state index in [1.807, 2.05) is 0 Å². The number of unbranched alkanes of at least 4 members (excludes halogenated alkanes) is 19. The quantitative estimate of drug-likeness (QED) is 0.0428. The van der Waals surface area contributed by atoms with Gasteiger partial charge in [0, 0.05) is 19.3 Å². The molecule has 0 amide bonds. The molecule has 0 aromatic rings. The highest BCUT2D eigenvalue weighted by Gasteiger charge is 2.19. The molecule has 0 aliphatic heterocycles. The molecule has 6 nitrogen and oxygen atoms in total. The summed E-state index contributed by atoms with van der Waals surface area (Å²) >= 11 is 0. The number of rotatable bonds is 32. The molecule has 0 aliphatic carbocycles. The average molecular weight is 611 g/mol. The standard InChI is InChI=1S/C37H70O6/c1-5-7-9-11-15-20-24-28-35(38)41-31-34(43-37(40)30-26-22-16-12-10-8-6-2)32-42-36(39)29-25-21-18-14-13-17-19-23-27-33(3)4/h33-34H,5-32H2,1-4H3/t34-/m0/s1. The van der Waals surface area contributed by atoms with Crippen LogP contribution < -0.4 is 0 Å². The Balaban J connectivity index is 4.31. The summed E-state index contributed by atoms with van der Waals surface area (Å²) in [5, 5.41) is 0. The van der Waals surface area contributed by atoms with Crippen LogP contribution in [0.4, 0.5) is 0 Å². The second kappa shape index (κ2) is 31.8. The lowest BCUT2D eigenvalue weighted by molar-refractivity contribution is -0.167. The number of ether oxygens (including phenoxy) is 3. The smallest absolute Gasteiger partial charge is 0.306 e. The van der Waals surface area contributed by atoms with Gasteiger partial charge in [-0.25, -0.2) is 0 Å². The van der Waals surface area contributed by atoms with Gasteiger partial charge in [-0.1, -0.05) is 156 Å². The second-order valence-corrected chi connectivity index (χ2v) is 13.0. The molecule has 254 valence electrons. The largest absolute Gasteiger partial charge is 0.462 e. The topological polar surface area (TPSA) is 78.9 Å². The Morgan fingerprint density at radius 2 is 0.767 bits per heavy atom. The van der Waals surface area contributed by atoms with Crippen molar-refractivity contribution >= 4 is 17.9 Å². The van der Waals surface area contributed by atoms with Crippen molar-refractivity contribution in [3.63, 3.8) is 0 Å². The minimum absolute atomic E-state index is 0.0668. The van der Waals surface area contributed by atoms with Crippen LogP contribution in [0, 0.1) is 5.92 Å². The van der Waals surface area contributed by atoms with Crippen LogP contribution in [0.25, 0.3) is 0 Å². The molecule has 0 heterocycles. The fraction of sp³-hybridized carbons (Fsp3) is 0.919. The monoisotopic (exact) mass is 611 g/mol. The Kier molecular flexibility index (Phi) is 30.6. The van der Waals surface area contributed by atoms with Gasteiger partial charge >= 0.3 is 17.9 Å². The van der Waals surface area contributed by atoms with E-state index in [4.69, 9.17) is 14.2 Å². The molecule has 0 radical (unpaired) electrons. The Hall–Kier alpha value is -1.59. The summed E-state index contributed by atoms with van der Waals surface area (Å²) < 4.78 is 16.5. The van der Waals surface area contributed by atoms with Gasteiger partial charge in [0.2, 0.25) is 0 Å². The molecule has 0 aromatic carbocycles. The summed E-state index contributed by atoms with van der Waals surface area (Å²) in [6.45, 7) is 8.84. The van der Waals surface area contributed by atoms with Crippen molar-refractivity contribution < 1.29 is 28.6 Å². The van der Waals surface area contributed by atoms with E-state index in [1.54, 1.807) is 0 Å². The number of carbonyl (C=O) groups excluding carboxylic acids is 3. The molecule has 0 spiro atoms. The molecule has 0 unspecified atom stereocenters. The molecule has 0 saturated carbocycles. The van der Waals surface area contributed by atoms with E-state index in [9.17, 15) is 14.4 Å². The highest BCUT2D eigenvalue weighted by atomic mass is 16.6. The molecule has 0 N–H and O–H groups in total. The first kappa shape index (κ1) is 41.4. The maximum Gasteiger partial charge on any atom is 0.306 e. The molecule has 0 saturated heterocycles. The Bertz CT molecular complexity index is 647. The van der Waals surface area contributed by atoms with Crippen molar-refractivity contribution in [2.45, 2.75) is 201 Å². The maximum atomic E-state index is 12.5. The van der Waals surface area contributed by atoms with Crippen molar-refractivity contribution in [1.82, 2.24) is 0 Å². The van der Waals surface area contributed by atoms with Crippen LogP contribution in [0.15, 0.2) is 0 Å². The zero-order valence-electron chi connectivity index (χ0n) is 28.9. The first-order chi connectivity index (χ1) is 20.9. The van der Waals surface area contributed by atoms with Gasteiger partial charge in [0.25, 0.3) is 0 Å². The van der Waals surface area contributed by atoms with Gasteiger partial charge in [0.1, 0.15) is 13.2 Å². The SMILES string of the molecule is CCCCCCCCCC(=O)OC[C@@H](COC(=O)CCCCCCCCCCC(C)C)OC(=O)CCCCCCCCC. The van der Waals surface area contributed by atoms with Crippen LogP contribution in [0.2, 0.25) is 0 Å². The zero-order chi connectivity index (χ0) is 31.8. The highest BCUT2D eigenvalue weighted by Crippen LogP contribution is 2.14. The van der Waals surface area contributed by atoms with Gasteiger partial charge in [-0.3, -0.25) is 14.4 Å². The van der Waals surface area contributed by atoms with E-state index in [-0.39, 0.29) is 31.1 Å². The summed E-state index contributed by atoms with van der Waals surface area (Å²) in [6.07, 6.45) is 26.8. The normalized spacial score (nSPS) is 11.9. The third-order valence-electron chi connectivity index (χ3n) is 8.04. The molecule has 0 rings (SSSR count). The Morgan fingerprint density at radius 1 is 0.442 bits per heavy atom. The molecule has 6 heteroatoms. The number of hydrogen-bond donors (Lipinski definition) is 0. The van der Waals surface area contributed by atoms with Gasteiger partial charge in [-0.05, 0) is 25.2 Å². The van der Waals surface area contributed by atoms with Gasteiger partial charge in [-0.15, -0.1) is 0 Å². The number of carbonyl (C=O) groups is 3. The van der Waals surface area contributed by atoms with E-state index in [0.29, 0.717) is 19.3 Å². The number of hydrogen-bond acceptors (Lipinski definition) is 6. The molecule has 0 bridgehead atoms. The number of esters is 3. The molecule has 0 aliphatic rings. The van der Waals surface area contributed by atoms with E-state index in [0.717, 1.165) is 63.7 Å². The molecular weight excluding hydrogens is 540 g/mol. The van der Waals surface area contributed by atoms with Gasteiger partial charge in [-0.2, -0.15) is 0 Å². The third-order valence-corrected chi connectivity index (χ3v) is 8.04. The van der Waals surface area contributed by atoms with Crippen molar-refractivity contribution in [2.24, 2.45) is 5.92 Å². The minimum atomic E-state index is -0.755. The predicted octanol–water partition coefficient (Wildman–Crippen LogP) is 10.8. The van der Waals surface area contributed by atoms with E-state index < -0.39 is 6.10 Å². The van der Waals surface area contributed by atoms with Crippen LogP contribution in [0.1, 0.15) is 195 Å². The summed E-state index contributed by atoms with van der Waals surface area (Å²) in [7, 11) is 0. The summed E-state index contributed by atoms with van der Waals surface area (Å²) in [5.74, 6) is -0.0854. The van der Waals surface area contributed by atoms with Crippen LogP contribution in [-0.2, 0) is 28.6 Å². The molecule has 1 atom stereocenters. The lowest BCUT2D eigenvalue weighted by Crippen LogP contribution is -2.30. The van der Waals surface area contributed by atoms with E-state index >= 15 is 0 Å². The van der Waals surface area contributed by atoms with Crippen LogP contribution >= 0.6 is 0 Å². The van der Waals surface area contributed by atoms with Crippen LogP contribution in [0.5, 0.6) is 0 Å². The summed E-state index contributed by atoms with van der Waals surface area (Å²) in [4.78, 5) is 37.1. The molecular formula is C37H70O6.